The first kappa shape index (κ1) is 27.7. The van der Waals surface area contributed by atoms with Crippen LogP contribution in [0.25, 0.3) is 16.6 Å². The summed E-state index contributed by atoms with van der Waals surface area (Å²) >= 11 is 0. The maximum absolute atomic E-state index is 13.8. The number of alkyl halides is 6. The Kier molecular flexibility index (Phi) is 7.09. The molecule has 0 saturated carbocycles. The molecule has 40 heavy (non-hydrogen) atoms. The van der Waals surface area contributed by atoms with E-state index in [0.717, 1.165) is 23.4 Å². The van der Waals surface area contributed by atoms with Gasteiger partial charge in [-0.05, 0) is 35.9 Å². The lowest BCUT2D eigenvalue weighted by Crippen LogP contribution is -2.53. The highest BCUT2D eigenvalue weighted by Gasteiger charge is 2.71. The Morgan fingerprint density at radius 3 is 2.02 bits per heavy atom. The molecular weight excluding hydrogens is 540 g/mol. The maximum atomic E-state index is 13.8. The minimum Gasteiger partial charge on any atom is -0.378 e. The van der Waals surface area contributed by atoms with Crippen LogP contribution in [0.1, 0.15) is 17.0 Å². The molecular formula is C28H23F6N3O3. The molecule has 2 heterocycles. The lowest BCUT2D eigenvalue weighted by molar-refractivity contribution is -0.376. The van der Waals surface area contributed by atoms with Crippen LogP contribution in [-0.2, 0) is 16.8 Å². The fourth-order valence-corrected chi connectivity index (χ4v) is 4.74. The summed E-state index contributed by atoms with van der Waals surface area (Å²) in [5.74, 6) is 0.234. The van der Waals surface area contributed by atoms with Crippen molar-refractivity contribution >= 4 is 16.6 Å². The molecule has 0 radical (unpaired) electrons. The number of aromatic nitrogens is 2. The van der Waals surface area contributed by atoms with Crippen LogP contribution in [0, 0.1) is 0 Å². The first-order valence-corrected chi connectivity index (χ1v) is 12.3. The molecule has 1 fully saturated rings. The van der Waals surface area contributed by atoms with Crippen LogP contribution in [0.2, 0.25) is 0 Å². The van der Waals surface area contributed by atoms with Crippen molar-refractivity contribution in [3.8, 4) is 5.69 Å². The molecule has 3 aromatic carbocycles. The predicted molar refractivity (Wildman–Crippen MR) is 136 cm³/mol. The van der Waals surface area contributed by atoms with Crippen LogP contribution in [-0.4, -0.2) is 53.3 Å². The Morgan fingerprint density at radius 1 is 0.825 bits per heavy atom. The van der Waals surface area contributed by atoms with Crippen LogP contribution < -0.4 is 10.5 Å². The van der Waals surface area contributed by atoms with Crippen molar-refractivity contribution in [3.63, 3.8) is 0 Å². The molecule has 1 aliphatic rings. The number of ether oxygens (including phenoxy) is 1. The van der Waals surface area contributed by atoms with Crippen molar-refractivity contribution in [3.05, 3.63) is 100 Å². The minimum atomic E-state index is -6.03. The molecule has 1 aliphatic heterocycles. The van der Waals surface area contributed by atoms with E-state index in [-0.39, 0.29) is 23.3 Å². The Morgan fingerprint density at radius 2 is 1.43 bits per heavy atom. The zero-order chi connectivity index (χ0) is 28.7. The van der Waals surface area contributed by atoms with E-state index in [1.54, 1.807) is 42.5 Å². The molecule has 0 aliphatic carbocycles. The second-order valence-electron chi connectivity index (χ2n) is 9.38. The van der Waals surface area contributed by atoms with Crippen molar-refractivity contribution in [2.45, 2.75) is 24.4 Å². The molecule has 5 rings (SSSR count). The topological polar surface area (TPSA) is 67.6 Å². The predicted octanol–water partition coefficient (Wildman–Crippen LogP) is 5.13. The normalized spacial score (nSPS) is 15.0. The van der Waals surface area contributed by atoms with Crippen molar-refractivity contribution in [1.82, 2.24) is 9.55 Å². The largest absolute Gasteiger partial charge is 0.430 e. The van der Waals surface area contributed by atoms with Gasteiger partial charge in [0.1, 0.15) is 5.82 Å². The SMILES string of the molecule is O=c1c2cc(N3CCOCC3)ccc2nc(Cc2ccccc2)n1-c1ccc(C(O)(C(F)(F)F)C(F)(F)F)cc1. The van der Waals surface area contributed by atoms with Crippen molar-refractivity contribution in [2.75, 3.05) is 31.2 Å². The average Bonchev–Trinajstić information content (AvgIpc) is 2.93. The highest BCUT2D eigenvalue weighted by atomic mass is 19.4. The summed E-state index contributed by atoms with van der Waals surface area (Å²) in [6, 6.07) is 17.1. The molecule has 1 N–H and O–H groups in total. The van der Waals surface area contributed by atoms with Gasteiger partial charge in [-0.15, -0.1) is 0 Å². The molecule has 210 valence electrons. The van der Waals surface area contributed by atoms with Gasteiger partial charge in [0.05, 0.1) is 29.8 Å². The molecule has 0 spiro atoms. The molecule has 4 aromatic rings. The molecule has 0 bridgehead atoms. The molecule has 6 nitrogen and oxygen atoms in total. The van der Waals surface area contributed by atoms with Crippen molar-refractivity contribution in [1.29, 1.82) is 0 Å². The number of nitrogens with zero attached hydrogens (tertiary/aromatic N) is 3. The van der Waals surface area contributed by atoms with Crippen LogP contribution in [0.5, 0.6) is 0 Å². The summed E-state index contributed by atoms with van der Waals surface area (Å²) in [4.78, 5) is 20.5. The Hall–Kier alpha value is -3.90. The van der Waals surface area contributed by atoms with Gasteiger partial charge < -0.3 is 14.7 Å². The molecule has 12 heteroatoms. The number of morpholine rings is 1. The van der Waals surface area contributed by atoms with E-state index in [4.69, 9.17) is 4.74 Å². The first-order chi connectivity index (χ1) is 18.9. The van der Waals surface area contributed by atoms with Crippen LogP contribution in [0.3, 0.4) is 0 Å². The summed E-state index contributed by atoms with van der Waals surface area (Å²) in [6.07, 6.45) is -11.9. The van der Waals surface area contributed by atoms with Crippen LogP contribution >= 0.6 is 0 Å². The van der Waals surface area contributed by atoms with Crippen molar-refractivity contribution in [2.24, 2.45) is 0 Å². The lowest BCUT2D eigenvalue weighted by Gasteiger charge is -2.32. The zero-order valence-electron chi connectivity index (χ0n) is 20.8. The Labute approximate surface area is 224 Å². The van der Waals surface area contributed by atoms with E-state index in [0.29, 0.717) is 44.0 Å². The monoisotopic (exact) mass is 563 g/mol. The van der Waals surface area contributed by atoms with E-state index in [1.807, 2.05) is 11.0 Å². The van der Waals surface area contributed by atoms with E-state index in [9.17, 15) is 36.2 Å². The van der Waals surface area contributed by atoms with E-state index in [1.165, 1.54) is 4.57 Å². The zero-order valence-corrected chi connectivity index (χ0v) is 20.8. The summed E-state index contributed by atoms with van der Waals surface area (Å²) in [7, 11) is 0. The molecule has 1 aromatic heterocycles. The number of fused-ring (bicyclic) bond motifs is 1. The highest BCUT2D eigenvalue weighted by molar-refractivity contribution is 5.82. The number of anilines is 1. The number of aliphatic hydroxyl groups is 1. The third kappa shape index (κ3) is 4.92. The second kappa shape index (κ2) is 10.3. The fraction of sp³-hybridized carbons (Fsp3) is 0.286. The number of benzene rings is 3. The number of halogens is 6. The van der Waals surface area contributed by atoms with Gasteiger partial charge in [-0.25, -0.2) is 4.98 Å². The molecule has 1 saturated heterocycles. The summed E-state index contributed by atoms with van der Waals surface area (Å²) in [5, 5.41) is 10.0. The second-order valence-corrected chi connectivity index (χ2v) is 9.38. The summed E-state index contributed by atoms with van der Waals surface area (Å²) in [5.41, 5.74) is -5.11. The maximum Gasteiger partial charge on any atom is 0.430 e. The van der Waals surface area contributed by atoms with Gasteiger partial charge in [0.15, 0.2) is 0 Å². The third-order valence-corrected chi connectivity index (χ3v) is 6.87. The summed E-state index contributed by atoms with van der Waals surface area (Å²) in [6.45, 7) is 2.26. The fourth-order valence-electron chi connectivity index (χ4n) is 4.74. The van der Waals surface area contributed by atoms with Gasteiger partial charge in [-0.1, -0.05) is 42.5 Å². The minimum absolute atomic E-state index is 0.00226. The van der Waals surface area contributed by atoms with Gasteiger partial charge >= 0.3 is 12.4 Å². The highest BCUT2D eigenvalue weighted by Crippen LogP contribution is 2.50. The quantitative estimate of drug-likeness (QED) is 0.342. The third-order valence-electron chi connectivity index (χ3n) is 6.87. The standard InChI is InChI=1S/C28H23F6N3O3/c29-27(30,31)26(39,28(32,33)34)19-6-8-20(9-7-19)37-24(16-18-4-2-1-3-5-18)35-23-11-10-21(17-22(23)25(37)38)36-12-14-40-15-13-36/h1-11,17,39H,12-16H2. The van der Waals surface area contributed by atoms with Gasteiger partial charge in [0.25, 0.3) is 11.2 Å². The van der Waals surface area contributed by atoms with Gasteiger partial charge in [0.2, 0.25) is 0 Å². The Bertz CT molecular complexity index is 1550. The van der Waals surface area contributed by atoms with E-state index >= 15 is 0 Å². The molecule has 0 atom stereocenters. The molecule has 0 amide bonds. The smallest absolute Gasteiger partial charge is 0.378 e. The first-order valence-electron chi connectivity index (χ1n) is 12.3. The van der Waals surface area contributed by atoms with Gasteiger partial charge in [-0.3, -0.25) is 9.36 Å². The summed E-state index contributed by atoms with van der Waals surface area (Å²) < 4.78 is 86.9. The van der Waals surface area contributed by atoms with E-state index in [2.05, 4.69) is 4.98 Å². The average molecular weight is 563 g/mol. The lowest BCUT2D eigenvalue weighted by atomic mass is 9.92. The van der Waals surface area contributed by atoms with E-state index < -0.39 is 29.1 Å². The Balaban J connectivity index is 1.66. The van der Waals surface area contributed by atoms with Gasteiger partial charge in [-0.2, -0.15) is 26.3 Å². The number of hydrogen-bond donors (Lipinski definition) is 1. The number of rotatable bonds is 5. The van der Waals surface area contributed by atoms with Crippen LogP contribution in [0.4, 0.5) is 32.0 Å². The van der Waals surface area contributed by atoms with Crippen molar-refractivity contribution < 1.29 is 36.2 Å². The van der Waals surface area contributed by atoms with Crippen LogP contribution in [0.15, 0.2) is 77.6 Å². The number of hydrogen-bond acceptors (Lipinski definition) is 5. The molecule has 0 unspecified atom stereocenters. The van der Waals surface area contributed by atoms with Gasteiger partial charge in [0, 0.05) is 30.8 Å².